The Labute approximate surface area is 196 Å². The Kier molecular flexibility index (Phi) is 6.15. The molecule has 170 valence electrons. The van der Waals surface area contributed by atoms with Gasteiger partial charge in [0.2, 0.25) is 0 Å². The first-order valence-electron chi connectivity index (χ1n) is 9.61. The van der Waals surface area contributed by atoms with E-state index in [9.17, 15) is 23.5 Å². The number of benzene rings is 2. The van der Waals surface area contributed by atoms with Crippen molar-refractivity contribution in [3.8, 4) is 16.9 Å². The fourth-order valence-corrected chi connectivity index (χ4v) is 3.34. The molecule has 8 nitrogen and oxygen atoms in total. The van der Waals surface area contributed by atoms with Crippen molar-refractivity contribution < 1.29 is 23.5 Å². The van der Waals surface area contributed by atoms with Crippen LogP contribution >= 0.6 is 11.6 Å². The summed E-state index contributed by atoms with van der Waals surface area (Å²) in [4.78, 5) is 31.7. The van der Waals surface area contributed by atoms with E-state index in [4.69, 9.17) is 11.6 Å². The molecule has 0 radical (unpaired) electrons. The van der Waals surface area contributed by atoms with Crippen LogP contribution in [0.4, 0.5) is 20.4 Å². The number of para-hydroxylation sites is 1. The number of carboxylic acid groups (broad SMARTS) is 1. The average molecular weight is 482 g/mol. The van der Waals surface area contributed by atoms with Crippen molar-refractivity contribution in [3.05, 3.63) is 88.6 Å². The Morgan fingerprint density at radius 1 is 1.06 bits per heavy atom. The van der Waals surface area contributed by atoms with Crippen LogP contribution in [0.15, 0.2) is 65.7 Å². The molecule has 0 aliphatic carbocycles. The lowest BCUT2D eigenvalue weighted by Crippen LogP contribution is -2.15. The second-order valence-corrected chi connectivity index (χ2v) is 7.31. The Morgan fingerprint density at radius 3 is 2.47 bits per heavy atom. The standard InChI is InChI=1S/C23H14ClF2N5O3/c1-27-21-17(26)10-16(25)20(29-21)12-7-8-15(24)14(9-12)22(32)28-19-11-18(23(33)34)30-31(19)13-5-3-2-4-6-13/h2-11H,1H2,(H,28,32)(H,33,34). The van der Waals surface area contributed by atoms with E-state index in [0.717, 1.165) is 0 Å². The molecule has 0 unspecified atom stereocenters. The van der Waals surface area contributed by atoms with E-state index in [2.05, 4.69) is 27.1 Å². The molecule has 11 heteroatoms. The molecule has 0 aliphatic heterocycles. The van der Waals surface area contributed by atoms with Gasteiger partial charge in [0.15, 0.2) is 23.1 Å². The smallest absolute Gasteiger partial charge is 0.356 e. The third-order valence-corrected chi connectivity index (χ3v) is 5.05. The predicted molar refractivity (Wildman–Crippen MR) is 122 cm³/mol. The van der Waals surface area contributed by atoms with Gasteiger partial charge in [0.25, 0.3) is 5.91 Å². The van der Waals surface area contributed by atoms with Crippen LogP contribution in [-0.2, 0) is 0 Å². The van der Waals surface area contributed by atoms with Gasteiger partial charge in [0, 0.05) is 17.7 Å². The van der Waals surface area contributed by atoms with Gasteiger partial charge in [0.05, 0.1) is 16.3 Å². The normalized spacial score (nSPS) is 10.7. The minimum absolute atomic E-state index is 0.0371. The maximum absolute atomic E-state index is 14.4. The van der Waals surface area contributed by atoms with Crippen molar-refractivity contribution in [2.45, 2.75) is 0 Å². The molecule has 0 aliphatic rings. The molecule has 0 saturated heterocycles. The maximum Gasteiger partial charge on any atom is 0.356 e. The maximum atomic E-state index is 14.4. The van der Waals surface area contributed by atoms with Crippen molar-refractivity contribution in [1.29, 1.82) is 0 Å². The number of aromatic carboxylic acids is 1. The number of anilines is 1. The summed E-state index contributed by atoms with van der Waals surface area (Å²) in [5.74, 6) is -4.27. The topological polar surface area (TPSA) is 109 Å². The molecule has 0 spiro atoms. The number of hydrogen-bond acceptors (Lipinski definition) is 5. The summed E-state index contributed by atoms with van der Waals surface area (Å²) in [6, 6.07) is 14.4. The third-order valence-electron chi connectivity index (χ3n) is 4.72. The summed E-state index contributed by atoms with van der Waals surface area (Å²) >= 11 is 6.20. The number of hydrogen-bond donors (Lipinski definition) is 2. The van der Waals surface area contributed by atoms with Crippen LogP contribution in [0.25, 0.3) is 16.9 Å². The zero-order valence-corrected chi connectivity index (χ0v) is 17.9. The first kappa shape index (κ1) is 22.7. The summed E-state index contributed by atoms with van der Waals surface area (Å²) in [6.45, 7) is 3.20. The molecule has 2 aromatic carbocycles. The predicted octanol–water partition coefficient (Wildman–Crippen LogP) is 5.15. The molecular formula is C23H14ClF2N5O3. The van der Waals surface area contributed by atoms with Crippen molar-refractivity contribution in [1.82, 2.24) is 14.8 Å². The second kappa shape index (κ2) is 9.20. The number of carboxylic acids is 1. The van der Waals surface area contributed by atoms with Crippen LogP contribution in [0.3, 0.4) is 0 Å². The zero-order chi connectivity index (χ0) is 24.4. The number of carbonyl (C=O) groups excluding carboxylic acids is 1. The molecule has 0 atom stereocenters. The molecular weight excluding hydrogens is 468 g/mol. The van der Waals surface area contributed by atoms with Gasteiger partial charge in [-0.25, -0.2) is 28.2 Å². The van der Waals surface area contributed by atoms with Crippen LogP contribution < -0.4 is 5.32 Å². The van der Waals surface area contributed by atoms with Crippen molar-refractivity contribution in [2.75, 3.05) is 5.32 Å². The Bertz CT molecular complexity index is 1440. The largest absolute Gasteiger partial charge is 0.476 e. The molecule has 0 bridgehead atoms. The number of amides is 1. The zero-order valence-electron chi connectivity index (χ0n) is 17.2. The van der Waals surface area contributed by atoms with Gasteiger partial charge >= 0.3 is 5.97 Å². The van der Waals surface area contributed by atoms with Crippen LogP contribution in [0.1, 0.15) is 20.8 Å². The molecule has 4 rings (SSSR count). The van der Waals surface area contributed by atoms with Crippen LogP contribution in [-0.4, -0.2) is 38.5 Å². The molecule has 0 fully saturated rings. The molecule has 2 aromatic heterocycles. The molecule has 4 aromatic rings. The van der Waals surface area contributed by atoms with Gasteiger partial charge in [-0.3, -0.25) is 4.79 Å². The molecule has 1 amide bonds. The van der Waals surface area contributed by atoms with E-state index in [-0.39, 0.29) is 33.4 Å². The second-order valence-electron chi connectivity index (χ2n) is 6.90. The molecule has 0 saturated carbocycles. The van der Waals surface area contributed by atoms with E-state index in [0.29, 0.717) is 11.8 Å². The number of nitrogens with one attached hydrogen (secondary N) is 1. The minimum Gasteiger partial charge on any atom is -0.476 e. The summed E-state index contributed by atoms with van der Waals surface area (Å²) in [6.07, 6.45) is 0. The SMILES string of the molecule is C=Nc1nc(-c2ccc(Cl)c(C(=O)Nc3cc(C(=O)O)nn3-c3ccccc3)c2)c(F)cc1F. The highest BCUT2D eigenvalue weighted by Gasteiger charge is 2.20. The van der Waals surface area contributed by atoms with E-state index in [1.54, 1.807) is 30.3 Å². The summed E-state index contributed by atoms with van der Waals surface area (Å²) in [5, 5.41) is 16.0. The van der Waals surface area contributed by atoms with Crippen LogP contribution in [0, 0.1) is 11.6 Å². The molecule has 2 heterocycles. The average Bonchev–Trinajstić information content (AvgIpc) is 3.24. The highest BCUT2D eigenvalue weighted by atomic mass is 35.5. The Hall–Kier alpha value is -4.44. The summed E-state index contributed by atoms with van der Waals surface area (Å²) in [5.41, 5.74) is 0.0421. The van der Waals surface area contributed by atoms with E-state index < -0.39 is 29.3 Å². The number of pyridine rings is 1. The molecule has 34 heavy (non-hydrogen) atoms. The van der Waals surface area contributed by atoms with E-state index in [1.165, 1.54) is 28.9 Å². The fourth-order valence-electron chi connectivity index (χ4n) is 3.14. The minimum atomic E-state index is -1.28. The van der Waals surface area contributed by atoms with Gasteiger partial charge in [-0.1, -0.05) is 35.9 Å². The van der Waals surface area contributed by atoms with Crippen molar-refractivity contribution in [2.24, 2.45) is 4.99 Å². The number of aliphatic imine (C=N–C) groups is 1. The van der Waals surface area contributed by atoms with Gasteiger partial charge in [-0.05, 0) is 31.0 Å². The van der Waals surface area contributed by atoms with Crippen LogP contribution in [0.5, 0.6) is 0 Å². The summed E-state index contributed by atoms with van der Waals surface area (Å²) in [7, 11) is 0. The number of halogens is 3. The lowest BCUT2D eigenvalue weighted by atomic mass is 10.1. The Morgan fingerprint density at radius 2 is 1.79 bits per heavy atom. The van der Waals surface area contributed by atoms with Crippen molar-refractivity contribution in [3.63, 3.8) is 0 Å². The number of aromatic nitrogens is 3. The third kappa shape index (κ3) is 4.39. The van der Waals surface area contributed by atoms with E-state index in [1.807, 2.05) is 0 Å². The monoisotopic (exact) mass is 481 g/mol. The number of nitrogens with zero attached hydrogens (tertiary/aromatic N) is 4. The highest BCUT2D eigenvalue weighted by Crippen LogP contribution is 2.29. The Balaban J connectivity index is 1.73. The van der Waals surface area contributed by atoms with Gasteiger partial charge in [-0.15, -0.1) is 0 Å². The first-order valence-corrected chi connectivity index (χ1v) is 9.99. The lowest BCUT2D eigenvalue weighted by molar-refractivity contribution is 0.0689. The van der Waals surface area contributed by atoms with Gasteiger partial charge in [0.1, 0.15) is 11.5 Å². The highest BCUT2D eigenvalue weighted by molar-refractivity contribution is 6.34. The van der Waals surface area contributed by atoms with Gasteiger partial charge < -0.3 is 10.4 Å². The van der Waals surface area contributed by atoms with Crippen molar-refractivity contribution >= 4 is 41.8 Å². The van der Waals surface area contributed by atoms with Crippen LogP contribution in [0.2, 0.25) is 5.02 Å². The lowest BCUT2D eigenvalue weighted by Gasteiger charge is -2.11. The van der Waals surface area contributed by atoms with E-state index >= 15 is 0 Å². The number of rotatable bonds is 6. The summed E-state index contributed by atoms with van der Waals surface area (Å²) < 4.78 is 29.4. The fraction of sp³-hybridized carbons (Fsp3) is 0. The molecule has 2 N–H and O–H groups in total. The van der Waals surface area contributed by atoms with Gasteiger partial charge in [-0.2, -0.15) is 5.10 Å². The first-order chi connectivity index (χ1) is 16.3. The number of carbonyl (C=O) groups is 2. The quantitative estimate of drug-likeness (QED) is 0.370.